The molecule has 6 nitrogen and oxygen atoms in total. The van der Waals surface area contributed by atoms with Gasteiger partial charge in [0.25, 0.3) is 0 Å². The van der Waals surface area contributed by atoms with E-state index in [0.717, 1.165) is 58.1 Å². The van der Waals surface area contributed by atoms with E-state index in [9.17, 15) is 4.79 Å². The number of anilines is 1. The molecule has 164 valence electrons. The van der Waals surface area contributed by atoms with E-state index in [1.807, 2.05) is 0 Å². The van der Waals surface area contributed by atoms with E-state index in [2.05, 4.69) is 65.5 Å². The number of halogens is 1. The van der Waals surface area contributed by atoms with Crippen LogP contribution in [0.15, 0.2) is 29.3 Å². The SMILES string of the molecule is CCNC(=NCCN(CC)c1ccccc1C)N1CCC(CC(=O)NC)CC1.I. The molecule has 1 amide bonds. The van der Waals surface area contributed by atoms with Gasteiger partial charge in [-0.2, -0.15) is 0 Å². The van der Waals surface area contributed by atoms with Crippen molar-refractivity contribution in [1.29, 1.82) is 0 Å². The van der Waals surface area contributed by atoms with Crippen LogP contribution in [0.5, 0.6) is 0 Å². The highest BCUT2D eigenvalue weighted by Crippen LogP contribution is 2.21. The van der Waals surface area contributed by atoms with Gasteiger partial charge >= 0.3 is 0 Å². The van der Waals surface area contributed by atoms with Crippen LogP contribution in [-0.2, 0) is 4.79 Å². The third-order valence-corrected chi connectivity index (χ3v) is 5.47. The molecule has 0 saturated carbocycles. The molecular weight excluding hydrogens is 477 g/mol. The average Bonchev–Trinajstić information content (AvgIpc) is 2.72. The number of hydrogen-bond acceptors (Lipinski definition) is 3. The molecule has 1 saturated heterocycles. The number of nitrogens with zero attached hydrogens (tertiary/aromatic N) is 3. The standard InChI is InChI=1S/C22H37N5O.HI/c1-5-24-22(27-14-11-19(12-15-27)17-21(28)23-4)25-13-16-26(6-2)20-10-8-7-9-18(20)3;/h7-10,19H,5-6,11-17H2,1-4H3,(H,23,28)(H,24,25);1H. The smallest absolute Gasteiger partial charge is 0.220 e. The van der Waals surface area contributed by atoms with Crippen LogP contribution < -0.4 is 15.5 Å². The molecule has 29 heavy (non-hydrogen) atoms. The molecule has 1 aliphatic heterocycles. The van der Waals surface area contributed by atoms with Crippen LogP contribution in [0, 0.1) is 12.8 Å². The zero-order chi connectivity index (χ0) is 20.4. The van der Waals surface area contributed by atoms with E-state index >= 15 is 0 Å². The Morgan fingerprint density at radius 1 is 1.24 bits per heavy atom. The Hall–Kier alpha value is -1.51. The molecular formula is C22H38IN5O. The summed E-state index contributed by atoms with van der Waals surface area (Å²) in [5, 5.41) is 6.17. The van der Waals surface area contributed by atoms with Crippen LogP contribution in [0.25, 0.3) is 0 Å². The number of likely N-dealkylation sites (tertiary alicyclic amines) is 1. The molecule has 1 heterocycles. The van der Waals surface area contributed by atoms with Crippen molar-refractivity contribution in [3.63, 3.8) is 0 Å². The summed E-state index contributed by atoms with van der Waals surface area (Å²) in [6, 6.07) is 8.53. The predicted molar refractivity (Wildman–Crippen MR) is 133 cm³/mol. The number of nitrogens with one attached hydrogen (secondary N) is 2. The van der Waals surface area contributed by atoms with E-state index in [1.54, 1.807) is 7.05 Å². The van der Waals surface area contributed by atoms with Gasteiger partial charge in [-0.3, -0.25) is 9.79 Å². The number of hydrogen-bond donors (Lipinski definition) is 2. The maximum atomic E-state index is 11.6. The van der Waals surface area contributed by atoms with E-state index in [4.69, 9.17) is 4.99 Å². The number of likely N-dealkylation sites (N-methyl/N-ethyl adjacent to an activating group) is 1. The first-order valence-electron chi connectivity index (χ1n) is 10.6. The monoisotopic (exact) mass is 515 g/mol. The Balaban J connectivity index is 0.00000420. The highest BCUT2D eigenvalue weighted by Gasteiger charge is 2.23. The second-order valence-corrected chi connectivity index (χ2v) is 7.41. The lowest BCUT2D eigenvalue weighted by molar-refractivity contribution is -0.121. The van der Waals surface area contributed by atoms with Gasteiger partial charge in [0.15, 0.2) is 5.96 Å². The molecule has 1 aliphatic rings. The van der Waals surface area contributed by atoms with Gasteiger partial charge in [0.2, 0.25) is 5.91 Å². The van der Waals surface area contributed by atoms with Gasteiger partial charge in [0, 0.05) is 51.9 Å². The summed E-state index contributed by atoms with van der Waals surface area (Å²) in [4.78, 5) is 21.2. The lowest BCUT2D eigenvalue weighted by Crippen LogP contribution is -2.46. The summed E-state index contributed by atoms with van der Waals surface area (Å²) < 4.78 is 0. The van der Waals surface area contributed by atoms with Crippen molar-refractivity contribution in [2.24, 2.45) is 10.9 Å². The van der Waals surface area contributed by atoms with Gasteiger partial charge in [-0.25, -0.2) is 0 Å². The van der Waals surface area contributed by atoms with Crippen LogP contribution in [0.1, 0.15) is 38.7 Å². The van der Waals surface area contributed by atoms with Crippen LogP contribution in [0.2, 0.25) is 0 Å². The number of carbonyl (C=O) groups excluding carboxylic acids is 1. The minimum absolute atomic E-state index is 0. The quantitative estimate of drug-likeness (QED) is 0.317. The number of guanidine groups is 1. The van der Waals surface area contributed by atoms with Gasteiger partial charge in [0.05, 0.1) is 6.54 Å². The molecule has 0 radical (unpaired) electrons. The molecule has 2 N–H and O–H groups in total. The summed E-state index contributed by atoms with van der Waals surface area (Å²) in [5.74, 6) is 1.63. The first-order chi connectivity index (χ1) is 13.6. The maximum absolute atomic E-state index is 11.6. The maximum Gasteiger partial charge on any atom is 0.220 e. The molecule has 0 bridgehead atoms. The molecule has 0 spiro atoms. The molecule has 2 rings (SSSR count). The fraction of sp³-hybridized carbons (Fsp3) is 0.636. The second-order valence-electron chi connectivity index (χ2n) is 7.41. The third kappa shape index (κ3) is 8.03. The van der Waals surface area contributed by atoms with Crippen LogP contribution in [0.3, 0.4) is 0 Å². The minimum atomic E-state index is 0. The van der Waals surface area contributed by atoms with Gasteiger partial charge in [-0.1, -0.05) is 18.2 Å². The van der Waals surface area contributed by atoms with Gasteiger partial charge in [-0.05, 0) is 51.2 Å². The minimum Gasteiger partial charge on any atom is -0.370 e. The molecule has 1 aromatic carbocycles. The topological polar surface area (TPSA) is 60.0 Å². The van der Waals surface area contributed by atoms with Gasteiger partial charge in [-0.15, -0.1) is 24.0 Å². The van der Waals surface area contributed by atoms with Crippen molar-refractivity contribution in [3.05, 3.63) is 29.8 Å². The van der Waals surface area contributed by atoms with Gasteiger partial charge < -0.3 is 20.4 Å². The zero-order valence-electron chi connectivity index (χ0n) is 18.4. The number of rotatable bonds is 8. The fourth-order valence-corrected chi connectivity index (χ4v) is 3.78. The molecule has 0 unspecified atom stereocenters. The highest BCUT2D eigenvalue weighted by atomic mass is 127. The van der Waals surface area contributed by atoms with Crippen LogP contribution in [0.4, 0.5) is 5.69 Å². The van der Waals surface area contributed by atoms with E-state index < -0.39 is 0 Å². The summed E-state index contributed by atoms with van der Waals surface area (Å²) in [5.41, 5.74) is 2.60. The predicted octanol–water partition coefficient (Wildman–Crippen LogP) is 3.25. The Morgan fingerprint density at radius 2 is 1.93 bits per heavy atom. The zero-order valence-corrected chi connectivity index (χ0v) is 20.7. The Labute approximate surface area is 193 Å². The van der Waals surface area contributed by atoms with E-state index in [1.165, 1.54) is 11.3 Å². The van der Waals surface area contributed by atoms with Crippen molar-refractivity contribution in [2.45, 2.75) is 40.0 Å². The fourth-order valence-electron chi connectivity index (χ4n) is 3.78. The van der Waals surface area contributed by atoms with Crippen molar-refractivity contribution in [3.8, 4) is 0 Å². The second kappa shape index (κ2) is 13.7. The molecule has 1 aromatic rings. The molecule has 0 aromatic heterocycles. The molecule has 0 aliphatic carbocycles. The number of benzene rings is 1. The first-order valence-corrected chi connectivity index (χ1v) is 10.6. The lowest BCUT2D eigenvalue weighted by atomic mass is 9.93. The number of piperidine rings is 1. The van der Waals surface area contributed by atoms with Crippen molar-refractivity contribution in [2.75, 3.05) is 51.2 Å². The first kappa shape index (κ1) is 25.5. The average molecular weight is 515 g/mol. The summed E-state index contributed by atoms with van der Waals surface area (Å²) in [7, 11) is 1.71. The largest absolute Gasteiger partial charge is 0.370 e. The molecule has 1 fully saturated rings. The van der Waals surface area contributed by atoms with Crippen LogP contribution >= 0.6 is 24.0 Å². The Kier molecular flexibility index (Phi) is 12.0. The molecule has 0 atom stereocenters. The van der Waals surface area contributed by atoms with Crippen molar-refractivity contribution < 1.29 is 4.79 Å². The third-order valence-electron chi connectivity index (χ3n) is 5.47. The van der Waals surface area contributed by atoms with Crippen molar-refractivity contribution in [1.82, 2.24) is 15.5 Å². The summed E-state index contributed by atoms with van der Waals surface area (Å²) in [6.07, 6.45) is 2.73. The van der Waals surface area contributed by atoms with E-state index in [0.29, 0.717) is 12.3 Å². The number of aliphatic imine (C=N–C) groups is 1. The Bertz CT molecular complexity index is 644. The Morgan fingerprint density at radius 3 is 2.52 bits per heavy atom. The summed E-state index contributed by atoms with van der Waals surface area (Å²) >= 11 is 0. The number of carbonyl (C=O) groups is 1. The molecule has 7 heteroatoms. The van der Waals surface area contributed by atoms with Crippen LogP contribution in [-0.4, -0.2) is 63.1 Å². The number of aryl methyl sites for hydroxylation is 1. The van der Waals surface area contributed by atoms with Gasteiger partial charge in [0.1, 0.15) is 0 Å². The van der Waals surface area contributed by atoms with Crippen molar-refractivity contribution >= 4 is 41.5 Å². The number of para-hydroxylation sites is 1. The summed E-state index contributed by atoms with van der Waals surface area (Å²) in [6.45, 7) is 11.9. The number of amides is 1. The highest BCUT2D eigenvalue weighted by molar-refractivity contribution is 14.0. The normalized spacial score (nSPS) is 14.9. The lowest BCUT2D eigenvalue weighted by Gasteiger charge is -2.34. The van der Waals surface area contributed by atoms with E-state index in [-0.39, 0.29) is 29.9 Å².